The third-order valence-corrected chi connectivity index (χ3v) is 2.31. The van der Waals surface area contributed by atoms with Crippen molar-refractivity contribution >= 4 is 6.03 Å². The summed E-state index contributed by atoms with van der Waals surface area (Å²) in [5.74, 6) is 0.965. The summed E-state index contributed by atoms with van der Waals surface area (Å²) in [4.78, 5) is 11.0. The molecule has 2 amide bonds. The summed E-state index contributed by atoms with van der Waals surface area (Å²) >= 11 is 0. The number of urea groups is 1. The standard InChI is InChI=1S/C10H14N2O2/c1-2-3-4-8-5-7-6-11-10(13)12-9(7)14-8/h5-6,9H,2-4H2,1H3,(H2,11,12,13). The number of hydrogen-bond acceptors (Lipinski definition) is 2. The molecule has 0 saturated heterocycles. The molecule has 0 aromatic carbocycles. The Morgan fingerprint density at radius 1 is 1.57 bits per heavy atom. The Bertz CT molecular complexity index is 307. The van der Waals surface area contributed by atoms with E-state index in [-0.39, 0.29) is 12.3 Å². The Labute approximate surface area is 83.0 Å². The van der Waals surface area contributed by atoms with Crippen molar-refractivity contribution in [1.29, 1.82) is 0 Å². The lowest BCUT2D eigenvalue weighted by atomic mass is 10.2. The zero-order valence-electron chi connectivity index (χ0n) is 8.17. The van der Waals surface area contributed by atoms with Crippen LogP contribution in [0.15, 0.2) is 23.6 Å². The van der Waals surface area contributed by atoms with Crippen molar-refractivity contribution in [2.45, 2.75) is 32.4 Å². The average Bonchev–Trinajstić information content (AvgIpc) is 2.56. The maximum atomic E-state index is 11.0. The first-order valence-corrected chi connectivity index (χ1v) is 4.94. The molecule has 0 spiro atoms. The summed E-state index contributed by atoms with van der Waals surface area (Å²) in [7, 11) is 0. The zero-order valence-corrected chi connectivity index (χ0v) is 8.17. The number of nitrogens with one attached hydrogen (secondary N) is 2. The molecule has 1 unspecified atom stereocenters. The molecule has 2 aliphatic rings. The SMILES string of the molecule is CCCCC1=CC2=CNC(=O)NC2O1. The van der Waals surface area contributed by atoms with Gasteiger partial charge in [-0.3, -0.25) is 5.32 Å². The van der Waals surface area contributed by atoms with Crippen LogP contribution in [-0.2, 0) is 4.74 Å². The van der Waals surface area contributed by atoms with E-state index in [9.17, 15) is 4.79 Å². The van der Waals surface area contributed by atoms with Crippen molar-refractivity contribution in [1.82, 2.24) is 10.6 Å². The summed E-state index contributed by atoms with van der Waals surface area (Å²) in [6.07, 6.45) is 6.63. The van der Waals surface area contributed by atoms with E-state index in [2.05, 4.69) is 17.6 Å². The maximum absolute atomic E-state index is 11.0. The average molecular weight is 194 g/mol. The van der Waals surface area contributed by atoms with Crippen molar-refractivity contribution in [2.24, 2.45) is 0 Å². The van der Waals surface area contributed by atoms with Crippen LogP contribution in [0.5, 0.6) is 0 Å². The van der Waals surface area contributed by atoms with Crippen molar-refractivity contribution in [3.8, 4) is 0 Å². The van der Waals surface area contributed by atoms with Crippen molar-refractivity contribution < 1.29 is 9.53 Å². The molecule has 0 aromatic heterocycles. The van der Waals surface area contributed by atoms with Crippen LogP contribution in [0.3, 0.4) is 0 Å². The summed E-state index contributed by atoms with van der Waals surface area (Å²) in [5.41, 5.74) is 0.996. The van der Waals surface area contributed by atoms with Gasteiger partial charge in [-0.25, -0.2) is 4.79 Å². The van der Waals surface area contributed by atoms with E-state index in [0.717, 1.165) is 30.6 Å². The Morgan fingerprint density at radius 3 is 3.21 bits per heavy atom. The van der Waals surface area contributed by atoms with Crippen molar-refractivity contribution in [2.75, 3.05) is 0 Å². The number of carbonyl (C=O) groups excluding carboxylic acids is 1. The minimum Gasteiger partial charge on any atom is -0.471 e. The molecule has 2 N–H and O–H groups in total. The van der Waals surface area contributed by atoms with Crippen LogP contribution < -0.4 is 10.6 Å². The predicted octanol–water partition coefficient (Wildman–Crippen LogP) is 1.61. The van der Waals surface area contributed by atoms with Crippen LogP contribution in [0, 0.1) is 0 Å². The van der Waals surface area contributed by atoms with E-state index in [1.165, 1.54) is 0 Å². The number of carbonyl (C=O) groups is 1. The number of ether oxygens (including phenoxy) is 1. The van der Waals surface area contributed by atoms with E-state index < -0.39 is 0 Å². The van der Waals surface area contributed by atoms with Gasteiger partial charge >= 0.3 is 6.03 Å². The fourth-order valence-electron chi connectivity index (χ4n) is 1.54. The van der Waals surface area contributed by atoms with Crippen LogP contribution in [0.2, 0.25) is 0 Å². The van der Waals surface area contributed by atoms with Crippen LogP contribution in [0.1, 0.15) is 26.2 Å². The molecule has 2 aliphatic heterocycles. The minimum atomic E-state index is -0.268. The molecule has 2 heterocycles. The summed E-state index contributed by atoms with van der Waals surface area (Å²) in [6, 6.07) is -0.205. The fourth-order valence-corrected chi connectivity index (χ4v) is 1.54. The molecule has 1 atom stereocenters. The van der Waals surface area contributed by atoms with Crippen LogP contribution in [0.25, 0.3) is 0 Å². The minimum absolute atomic E-state index is 0.205. The predicted molar refractivity (Wildman–Crippen MR) is 52.2 cm³/mol. The van der Waals surface area contributed by atoms with E-state index >= 15 is 0 Å². The Hall–Kier alpha value is -1.45. The molecular weight excluding hydrogens is 180 g/mol. The van der Waals surface area contributed by atoms with Crippen molar-refractivity contribution in [3.05, 3.63) is 23.6 Å². The van der Waals surface area contributed by atoms with Crippen LogP contribution in [-0.4, -0.2) is 12.3 Å². The monoisotopic (exact) mass is 194 g/mol. The first-order chi connectivity index (χ1) is 6.79. The maximum Gasteiger partial charge on any atom is 0.321 e. The molecule has 2 rings (SSSR count). The molecule has 0 bridgehead atoms. The highest BCUT2D eigenvalue weighted by atomic mass is 16.5. The fraction of sp³-hybridized carbons (Fsp3) is 0.500. The lowest BCUT2D eigenvalue weighted by Crippen LogP contribution is -2.45. The number of rotatable bonds is 3. The molecule has 0 fully saturated rings. The second-order valence-electron chi connectivity index (χ2n) is 3.47. The van der Waals surface area contributed by atoms with Crippen LogP contribution >= 0.6 is 0 Å². The molecule has 0 aliphatic carbocycles. The quantitative estimate of drug-likeness (QED) is 0.717. The smallest absolute Gasteiger partial charge is 0.321 e. The van der Waals surface area contributed by atoms with E-state index in [4.69, 9.17) is 4.74 Å². The molecule has 0 radical (unpaired) electrons. The molecule has 14 heavy (non-hydrogen) atoms. The number of hydrogen-bond donors (Lipinski definition) is 2. The first kappa shape index (κ1) is 9.12. The third kappa shape index (κ3) is 1.73. The van der Waals surface area contributed by atoms with Gasteiger partial charge in [-0.2, -0.15) is 0 Å². The van der Waals surface area contributed by atoms with Gasteiger partial charge in [0.1, 0.15) is 0 Å². The molecule has 0 saturated carbocycles. The summed E-state index contributed by atoms with van der Waals surface area (Å²) in [6.45, 7) is 2.14. The normalized spacial score (nSPS) is 24.1. The van der Waals surface area contributed by atoms with Gasteiger partial charge in [-0.1, -0.05) is 13.3 Å². The zero-order chi connectivity index (χ0) is 9.97. The third-order valence-electron chi connectivity index (χ3n) is 2.31. The van der Waals surface area contributed by atoms with Crippen LogP contribution in [0.4, 0.5) is 4.79 Å². The highest BCUT2D eigenvalue weighted by molar-refractivity contribution is 5.77. The van der Waals surface area contributed by atoms with Gasteiger partial charge in [0.2, 0.25) is 6.23 Å². The summed E-state index contributed by atoms with van der Waals surface area (Å²) in [5, 5.41) is 5.29. The second-order valence-corrected chi connectivity index (χ2v) is 3.47. The Kier molecular flexibility index (Phi) is 2.43. The number of allylic oxidation sites excluding steroid dienone is 1. The lowest BCUT2D eigenvalue weighted by molar-refractivity contribution is 0.129. The highest BCUT2D eigenvalue weighted by Gasteiger charge is 2.27. The van der Waals surface area contributed by atoms with Gasteiger partial charge in [-0.15, -0.1) is 0 Å². The number of unbranched alkanes of at least 4 members (excludes halogenated alkanes) is 1. The largest absolute Gasteiger partial charge is 0.471 e. The van der Waals surface area contributed by atoms with Gasteiger partial charge in [-0.05, 0) is 12.5 Å². The number of fused-ring (bicyclic) bond motifs is 1. The van der Waals surface area contributed by atoms with Gasteiger partial charge < -0.3 is 10.1 Å². The first-order valence-electron chi connectivity index (χ1n) is 4.94. The van der Waals surface area contributed by atoms with E-state index in [0.29, 0.717) is 0 Å². The molecule has 4 heteroatoms. The van der Waals surface area contributed by atoms with E-state index in [1.54, 1.807) is 6.20 Å². The second kappa shape index (κ2) is 3.74. The van der Waals surface area contributed by atoms with Crippen molar-refractivity contribution in [3.63, 3.8) is 0 Å². The molecular formula is C10H14N2O2. The summed E-state index contributed by atoms with van der Waals surface area (Å²) < 4.78 is 5.56. The van der Waals surface area contributed by atoms with Gasteiger partial charge in [0.05, 0.1) is 5.76 Å². The van der Waals surface area contributed by atoms with Gasteiger partial charge in [0.25, 0.3) is 0 Å². The Balaban J connectivity index is 1.98. The lowest BCUT2D eigenvalue weighted by Gasteiger charge is -2.19. The van der Waals surface area contributed by atoms with Gasteiger partial charge in [0.15, 0.2) is 0 Å². The van der Waals surface area contributed by atoms with E-state index in [1.807, 2.05) is 6.08 Å². The molecule has 76 valence electrons. The topological polar surface area (TPSA) is 50.4 Å². The Morgan fingerprint density at radius 2 is 2.43 bits per heavy atom. The highest BCUT2D eigenvalue weighted by Crippen LogP contribution is 2.25. The number of amides is 2. The van der Waals surface area contributed by atoms with Gasteiger partial charge in [0, 0.05) is 18.2 Å². The molecule has 4 nitrogen and oxygen atoms in total. The molecule has 0 aromatic rings.